The molecular weight excluding hydrogens is 230 g/mol. The van der Waals surface area contributed by atoms with Crippen molar-refractivity contribution in [3.05, 3.63) is 23.8 Å². The van der Waals surface area contributed by atoms with Gasteiger partial charge in [-0.3, -0.25) is 0 Å². The number of thioether (sulfide) groups is 1. The van der Waals surface area contributed by atoms with E-state index in [-0.39, 0.29) is 5.75 Å². The average Bonchev–Trinajstić information content (AvgIpc) is 2.18. The molecule has 0 radical (unpaired) electrons. The third kappa shape index (κ3) is 3.14. The highest BCUT2D eigenvalue weighted by molar-refractivity contribution is 8.00. The molecule has 0 aliphatic rings. The second kappa shape index (κ2) is 4.90. The molecule has 15 heavy (non-hydrogen) atoms. The van der Waals surface area contributed by atoms with Gasteiger partial charge in [0.25, 0.3) is 0 Å². The van der Waals surface area contributed by atoms with Gasteiger partial charge in [0.2, 0.25) is 0 Å². The van der Waals surface area contributed by atoms with Crippen molar-refractivity contribution in [2.45, 2.75) is 11.8 Å². The molecule has 2 N–H and O–H groups in total. The zero-order valence-corrected chi connectivity index (χ0v) is 10.5. The summed E-state index contributed by atoms with van der Waals surface area (Å²) in [4.78, 5) is 0.358. The van der Waals surface area contributed by atoms with Crippen LogP contribution in [0, 0.1) is 6.92 Å². The molecule has 0 aliphatic carbocycles. The molecule has 0 amide bonds. The summed E-state index contributed by atoms with van der Waals surface area (Å²) in [5.74, 6) is 0.773. The lowest BCUT2D eigenvalue weighted by Gasteiger charge is -2.07. The van der Waals surface area contributed by atoms with Gasteiger partial charge in [-0.1, -0.05) is 6.07 Å². The van der Waals surface area contributed by atoms with E-state index in [2.05, 4.69) is 0 Å². The third-order valence-electron chi connectivity index (χ3n) is 2.10. The van der Waals surface area contributed by atoms with Crippen LogP contribution in [-0.4, -0.2) is 26.2 Å². The first-order chi connectivity index (χ1) is 6.97. The zero-order valence-electron chi connectivity index (χ0n) is 8.86. The number of nitrogens with two attached hydrogens (primary N) is 1. The molecule has 0 unspecified atom stereocenters. The van der Waals surface area contributed by atoms with Gasteiger partial charge >= 0.3 is 0 Å². The second-order valence-electron chi connectivity index (χ2n) is 3.34. The van der Waals surface area contributed by atoms with Crippen molar-refractivity contribution in [2.75, 3.05) is 23.5 Å². The van der Waals surface area contributed by atoms with Gasteiger partial charge in [0.1, 0.15) is 0 Å². The number of aryl methyl sites for hydroxylation is 1. The molecule has 0 bridgehead atoms. The van der Waals surface area contributed by atoms with Crippen LogP contribution in [0.4, 0.5) is 5.69 Å². The Hall–Kier alpha value is -0.680. The summed E-state index contributed by atoms with van der Waals surface area (Å²) in [6.45, 7) is 1.78. The molecule has 0 spiro atoms. The molecule has 5 heteroatoms. The Labute approximate surface area is 95.0 Å². The molecular formula is C10H15NO2S2. The Morgan fingerprint density at radius 1 is 1.40 bits per heavy atom. The lowest BCUT2D eigenvalue weighted by Crippen LogP contribution is -2.10. The van der Waals surface area contributed by atoms with E-state index in [0.29, 0.717) is 16.3 Å². The minimum Gasteiger partial charge on any atom is -0.399 e. The smallest absolute Gasteiger partial charge is 0.179 e. The number of hydrogen-bond donors (Lipinski definition) is 1. The Balaban J connectivity index is 3.09. The van der Waals surface area contributed by atoms with Crippen molar-refractivity contribution in [2.24, 2.45) is 0 Å². The van der Waals surface area contributed by atoms with E-state index in [9.17, 15) is 8.42 Å². The molecule has 1 aromatic carbocycles. The van der Waals surface area contributed by atoms with Gasteiger partial charge in [-0.2, -0.15) is 11.8 Å². The first-order valence-corrected chi connectivity index (χ1v) is 7.60. The molecule has 0 saturated heterocycles. The van der Waals surface area contributed by atoms with E-state index in [1.165, 1.54) is 17.8 Å². The molecule has 1 aromatic rings. The second-order valence-corrected chi connectivity index (χ2v) is 6.40. The van der Waals surface area contributed by atoms with Gasteiger partial charge in [-0.15, -0.1) is 0 Å². The summed E-state index contributed by atoms with van der Waals surface area (Å²) < 4.78 is 23.8. The highest BCUT2D eigenvalue weighted by Gasteiger charge is 2.16. The number of benzene rings is 1. The largest absolute Gasteiger partial charge is 0.399 e. The Morgan fingerprint density at radius 3 is 2.67 bits per heavy atom. The zero-order chi connectivity index (χ0) is 11.5. The maximum absolute atomic E-state index is 11.9. The third-order valence-corrected chi connectivity index (χ3v) is 4.83. The lowest BCUT2D eigenvalue weighted by atomic mass is 10.2. The quantitative estimate of drug-likeness (QED) is 0.820. The fourth-order valence-corrected chi connectivity index (χ4v) is 3.89. The highest BCUT2D eigenvalue weighted by atomic mass is 32.2. The van der Waals surface area contributed by atoms with Crippen LogP contribution in [0.3, 0.4) is 0 Å². The van der Waals surface area contributed by atoms with E-state index in [1.807, 2.05) is 6.26 Å². The lowest BCUT2D eigenvalue weighted by molar-refractivity contribution is 0.597. The van der Waals surface area contributed by atoms with Gasteiger partial charge in [0.05, 0.1) is 10.6 Å². The minimum atomic E-state index is -3.18. The first kappa shape index (κ1) is 12.4. The van der Waals surface area contributed by atoms with Crippen LogP contribution in [0.2, 0.25) is 0 Å². The number of nitrogen functional groups attached to an aromatic ring is 1. The van der Waals surface area contributed by atoms with Crippen molar-refractivity contribution in [3.63, 3.8) is 0 Å². The van der Waals surface area contributed by atoms with Crippen molar-refractivity contribution >= 4 is 27.3 Å². The summed E-state index contributed by atoms with van der Waals surface area (Å²) in [5, 5.41) is 0. The normalized spacial score (nSPS) is 11.6. The predicted octanol–water partition coefficient (Wildman–Crippen LogP) is 1.71. The van der Waals surface area contributed by atoms with Crippen molar-refractivity contribution in [3.8, 4) is 0 Å². The SMILES string of the molecule is CSCCS(=O)(=O)c1cc(N)ccc1C. The van der Waals surface area contributed by atoms with Crippen molar-refractivity contribution in [1.82, 2.24) is 0 Å². The Bertz CT molecular complexity index is 441. The summed E-state index contributed by atoms with van der Waals surface area (Å²) in [6.07, 6.45) is 1.89. The van der Waals surface area contributed by atoms with Crippen LogP contribution in [0.5, 0.6) is 0 Å². The van der Waals surface area contributed by atoms with Crippen molar-refractivity contribution in [1.29, 1.82) is 0 Å². The molecule has 3 nitrogen and oxygen atoms in total. The predicted molar refractivity (Wildman–Crippen MR) is 66.0 cm³/mol. The fraction of sp³-hybridized carbons (Fsp3) is 0.400. The van der Waals surface area contributed by atoms with E-state index in [4.69, 9.17) is 5.73 Å². The van der Waals surface area contributed by atoms with Crippen LogP contribution in [0.1, 0.15) is 5.56 Å². The maximum atomic E-state index is 11.9. The Kier molecular flexibility index (Phi) is 4.04. The molecule has 0 aromatic heterocycles. The monoisotopic (exact) mass is 245 g/mol. The van der Waals surface area contributed by atoms with Gasteiger partial charge in [-0.25, -0.2) is 8.42 Å². The minimum absolute atomic E-state index is 0.165. The molecule has 0 saturated carbocycles. The van der Waals surface area contributed by atoms with Gasteiger partial charge in [0.15, 0.2) is 9.84 Å². The van der Waals surface area contributed by atoms with Crippen LogP contribution >= 0.6 is 11.8 Å². The Morgan fingerprint density at radius 2 is 2.07 bits per heavy atom. The van der Waals surface area contributed by atoms with Gasteiger partial charge < -0.3 is 5.73 Å². The summed E-state index contributed by atoms with van der Waals surface area (Å²) in [7, 11) is -3.18. The number of rotatable bonds is 4. The van der Waals surface area contributed by atoms with Crippen LogP contribution in [-0.2, 0) is 9.84 Å². The van der Waals surface area contributed by atoms with E-state index in [1.54, 1.807) is 19.1 Å². The maximum Gasteiger partial charge on any atom is 0.179 e. The molecule has 0 atom stereocenters. The topological polar surface area (TPSA) is 60.2 Å². The average molecular weight is 245 g/mol. The van der Waals surface area contributed by atoms with Crippen molar-refractivity contribution < 1.29 is 8.42 Å². The number of sulfone groups is 1. The summed E-state index contributed by atoms with van der Waals surface area (Å²) >= 11 is 1.52. The molecule has 1 rings (SSSR count). The summed E-state index contributed by atoms with van der Waals surface area (Å²) in [5.41, 5.74) is 6.83. The van der Waals surface area contributed by atoms with E-state index >= 15 is 0 Å². The standard InChI is InChI=1S/C10H15NO2S2/c1-8-3-4-9(11)7-10(8)15(12,13)6-5-14-2/h3-4,7H,5-6,11H2,1-2H3. The summed E-state index contributed by atoms with van der Waals surface area (Å²) in [6, 6.07) is 4.98. The molecule has 84 valence electrons. The van der Waals surface area contributed by atoms with E-state index < -0.39 is 9.84 Å². The molecule has 0 aliphatic heterocycles. The van der Waals surface area contributed by atoms with Crippen LogP contribution < -0.4 is 5.73 Å². The highest BCUT2D eigenvalue weighted by Crippen LogP contribution is 2.20. The van der Waals surface area contributed by atoms with Crippen LogP contribution in [0.15, 0.2) is 23.1 Å². The first-order valence-electron chi connectivity index (χ1n) is 4.55. The molecule has 0 fully saturated rings. The number of hydrogen-bond acceptors (Lipinski definition) is 4. The number of anilines is 1. The van der Waals surface area contributed by atoms with Gasteiger partial charge in [-0.05, 0) is 30.9 Å². The van der Waals surface area contributed by atoms with Crippen LogP contribution in [0.25, 0.3) is 0 Å². The molecule has 0 heterocycles. The van der Waals surface area contributed by atoms with E-state index in [0.717, 1.165) is 5.56 Å². The van der Waals surface area contributed by atoms with Gasteiger partial charge in [0, 0.05) is 11.4 Å². The fourth-order valence-electron chi connectivity index (χ4n) is 1.25.